The standard InChI is InChI=1S/C16H26N2O2/c1-4-17-10-13-5-6-16(19-3)14(9-13)11-18(2)15-7-8-20-12-15/h5-6,9,15,17H,4,7-8,10-12H2,1-3H3. The first-order valence-corrected chi connectivity index (χ1v) is 7.39. The third-order valence-corrected chi connectivity index (χ3v) is 3.87. The first-order valence-electron chi connectivity index (χ1n) is 7.39. The van der Waals surface area contributed by atoms with Crippen molar-refractivity contribution in [2.75, 3.05) is 33.9 Å². The molecule has 0 amide bonds. The van der Waals surface area contributed by atoms with Crippen LogP contribution < -0.4 is 10.1 Å². The molecule has 4 nitrogen and oxygen atoms in total. The summed E-state index contributed by atoms with van der Waals surface area (Å²) in [6.07, 6.45) is 1.12. The Hall–Kier alpha value is -1.10. The second-order valence-corrected chi connectivity index (χ2v) is 5.36. The number of rotatable bonds is 7. The first kappa shape index (κ1) is 15.3. The monoisotopic (exact) mass is 278 g/mol. The predicted molar refractivity (Wildman–Crippen MR) is 81.1 cm³/mol. The lowest BCUT2D eigenvalue weighted by molar-refractivity contribution is 0.156. The average molecular weight is 278 g/mol. The third-order valence-electron chi connectivity index (χ3n) is 3.87. The first-order chi connectivity index (χ1) is 9.74. The van der Waals surface area contributed by atoms with Crippen LogP contribution in [-0.4, -0.2) is 44.9 Å². The maximum absolute atomic E-state index is 5.49. The van der Waals surface area contributed by atoms with Gasteiger partial charge < -0.3 is 14.8 Å². The highest BCUT2D eigenvalue weighted by atomic mass is 16.5. The summed E-state index contributed by atoms with van der Waals surface area (Å²) >= 11 is 0. The summed E-state index contributed by atoms with van der Waals surface area (Å²) in [5, 5.41) is 3.36. The van der Waals surface area contributed by atoms with Gasteiger partial charge in [-0.25, -0.2) is 0 Å². The SMILES string of the molecule is CCNCc1ccc(OC)c(CN(C)C2CCOC2)c1. The Morgan fingerprint density at radius 2 is 2.30 bits per heavy atom. The maximum atomic E-state index is 5.49. The Bertz CT molecular complexity index is 417. The minimum absolute atomic E-state index is 0.525. The van der Waals surface area contributed by atoms with E-state index in [4.69, 9.17) is 9.47 Å². The van der Waals surface area contributed by atoms with Crippen molar-refractivity contribution in [2.45, 2.75) is 32.5 Å². The minimum atomic E-state index is 0.525. The quantitative estimate of drug-likeness (QED) is 0.827. The van der Waals surface area contributed by atoms with Crippen molar-refractivity contribution in [1.82, 2.24) is 10.2 Å². The molecule has 1 aliphatic heterocycles. The van der Waals surface area contributed by atoms with Gasteiger partial charge >= 0.3 is 0 Å². The molecule has 20 heavy (non-hydrogen) atoms. The molecule has 4 heteroatoms. The molecule has 0 radical (unpaired) electrons. The lowest BCUT2D eigenvalue weighted by Gasteiger charge is -2.24. The summed E-state index contributed by atoms with van der Waals surface area (Å²) in [7, 11) is 3.90. The fraction of sp³-hybridized carbons (Fsp3) is 0.625. The van der Waals surface area contributed by atoms with Gasteiger partial charge in [-0.15, -0.1) is 0 Å². The molecule has 0 spiro atoms. The van der Waals surface area contributed by atoms with Gasteiger partial charge in [0.2, 0.25) is 0 Å². The van der Waals surface area contributed by atoms with Gasteiger partial charge in [-0.3, -0.25) is 4.90 Å². The Labute approximate surface area is 122 Å². The summed E-state index contributed by atoms with van der Waals surface area (Å²) in [5.74, 6) is 0.969. The zero-order valence-corrected chi connectivity index (χ0v) is 12.8. The average Bonchev–Trinajstić information content (AvgIpc) is 2.99. The molecule has 1 heterocycles. The Morgan fingerprint density at radius 1 is 1.45 bits per heavy atom. The summed E-state index contributed by atoms with van der Waals surface area (Å²) in [6, 6.07) is 6.97. The van der Waals surface area contributed by atoms with E-state index in [1.807, 2.05) is 0 Å². The fourth-order valence-electron chi connectivity index (χ4n) is 2.60. The molecule has 1 aliphatic rings. The highest BCUT2D eigenvalue weighted by Gasteiger charge is 2.21. The molecule has 1 saturated heterocycles. The van der Waals surface area contributed by atoms with Crippen LogP contribution in [0.15, 0.2) is 18.2 Å². The normalized spacial score (nSPS) is 18.7. The van der Waals surface area contributed by atoms with Crippen LogP contribution in [0.25, 0.3) is 0 Å². The lowest BCUT2D eigenvalue weighted by Crippen LogP contribution is -2.31. The van der Waals surface area contributed by atoms with Crippen molar-refractivity contribution < 1.29 is 9.47 Å². The number of methoxy groups -OCH3 is 1. The van der Waals surface area contributed by atoms with Crippen LogP contribution in [0.5, 0.6) is 5.75 Å². The van der Waals surface area contributed by atoms with E-state index < -0.39 is 0 Å². The summed E-state index contributed by atoms with van der Waals surface area (Å²) in [5.41, 5.74) is 2.55. The van der Waals surface area contributed by atoms with Crippen molar-refractivity contribution in [2.24, 2.45) is 0 Å². The molecule has 1 aromatic carbocycles. The second kappa shape index (κ2) is 7.62. The van der Waals surface area contributed by atoms with Crippen LogP contribution >= 0.6 is 0 Å². The van der Waals surface area contributed by atoms with Crippen LogP contribution in [0.1, 0.15) is 24.5 Å². The molecule has 0 aromatic heterocycles. The zero-order valence-electron chi connectivity index (χ0n) is 12.8. The van der Waals surface area contributed by atoms with Crippen molar-refractivity contribution in [3.05, 3.63) is 29.3 Å². The summed E-state index contributed by atoms with van der Waals surface area (Å²) < 4.78 is 11.0. The number of nitrogens with zero attached hydrogens (tertiary/aromatic N) is 1. The zero-order chi connectivity index (χ0) is 14.4. The van der Waals surface area contributed by atoms with Crippen molar-refractivity contribution in [3.63, 3.8) is 0 Å². The number of hydrogen-bond donors (Lipinski definition) is 1. The molecule has 2 rings (SSSR count). The van der Waals surface area contributed by atoms with E-state index in [1.54, 1.807) is 7.11 Å². The van der Waals surface area contributed by atoms with Gasteiger partial charge in [-0.05, 0) is 37.7 Å². The molecular weight excluding hydrogens is 252 g/mol. The molecule has 112 valence electrons. The largest absolute Gasteiger partial charge is 0.496 e. The fourth-order valence-corrected chi connectivity index (χ4v) is 2.60. The molecule has 1 unspecified atom stereocenters. The van der Waals surface area contributed by atoms with E-state index in [1.165, 1.54) is 11.1 Å². The molecule has 1 fully saturated rings. The molecule has 0 bridgehead atoms. The van der Waals surface area contributed by atoms with Gasteiger partial charge in [0.05, 0.1) is 13.7 Å². The predicted octanol–water partition coefficient (Wildman–Crippen LogP) is 2.03. The Kier molecular flexibility index (Phi) is 5.83. The Morgan fingerprint density at radius 3 is 2.95 bits per heavy atom. The van der Waals surface area contributed by atoms with Gasteiger partial charge in [-0.1, -0.05) is 13.0 Å². The number of hydrogen-bond acceptors (Lipinski definition) is 4. The van der Waals surface area contributed by atoms with E-state index in [0.717, 1.165) is 45.0 Å². The number of likely N-dealkylation sites (N-methyl/N-ethyl adjacent to an activating group) is 1. The van der Waals surface area contributed by atoms with Crippen LogP contribution in [0.2, 0.25) is 0 Å². The van der Waals surface area contributed by atoms with E-state index in [-0.39, 0.29) is 0 Å². The van der Waals surface area contributed by atoms with E-state index in [2.05, 4.69) is 42.4 Å². The summed E-state index contributed by atoms with van der Waals surface area (Å²) in [6.45, 7) is 6.64. The van der Waals surface area contributed by atoms with Gasteiger partial charge in [0.15, 0.2) is 0 Å². The molecule has 1 atom stereocenters. The van der Waals surface area contributed by atoms with Gasteiger partial charge in [0.1, 0.15) is 5.75 Å². The van der Waals surface area contributed by atoms with Crippen LogP contribution in [-0.2, 0) is 17.8 Å². The van der Waals surface area contributed by atoms with E-state index in [9.17, 15) is 0 Å². The summed E-state index contributed by atoms with van der Waals surface area (Å²) in [4.78, 5) is 2.36. The van der Waals surface area contributed by atoms with E-state index in [0.29, 0.717) is 6.04 Å². The maximum Gasteiger partial charge on any atom is 0.123 e. The van der Waals surface area contributed by atoms with Crippen LogP contribution in [0.3, 0.4) is 0 Å². The van der Waals surface area contributed by atoms with Gasteiger partial charge in [0.25, 0.3) is 0 Å². The van der Waals surface area contributed by atoms with Crippen molar-refractivity contribution in [3.8, 4) is 5.75 Å². The lowest BCUT2D eigenvalue weighted by atomic mass is 10.1. The topological polar surface area (TPSA) is 33.7 Å². The molecular formula is C16H26N2O2. The number of benzene rings is 1. The Balaban J connectivity index is 2.06. The van der Waals surface area contributed by atoms with Gasteiger partial charge in [-0.2, -0.15) is 0 Å². The molecule has 0 saturated carbocycles. The smallest absolute Gasteiger partial charge is 0.123 e. The van der Waals surface area contributed by atoms with Gasteiger partial charge in [0, 0.05) is 31.3 Å². The van der Waals surface area contributed by atoms with Crippen LogP contribution in [0.4, 0.5) is 0 Å². The highest BCUT2D eigenvalue weighted by molar-refractivity contribution is 5.37. The van der Waals surface area contributed by atoms with Crippen molar-refractivity contribution in [1.29, 1.82) is 0 Å². The molecule has 0 aliphatic carbocycles. The molecule has 1 aromatic rings. The number of ether oxygens (including phenoxy) is 2. The highest BCUT2D eigenvalue weighted by Crippen LogP contribution is 2.23. The number of nitrogens with one attached hydrogen (secondary N) is 1. The molecule has 1 N–H and O–H groups in total. The van der Waals surface area contributed by atoms with Crippen LogP contribution in [0, 0.1) is 0 Å². The van der Waals surface area contributed by atoms with E-state index >= 15 is 0 Å². The minimum Gasteiger partial charge on any atom is -0.496 e. The van der Waals surface area contributed by atoms with Crippen molar-refractivity contribution >= 4 is 0 Å². The third kappa shape index (κ3) is 3.95. The second-order valence-electron chi connectivity index (χ2n) is 5.36.